The van der Waals surface area contributed by atoms with E-state index in [0.29, 0.717) is 0 Å². The number of carbonyl (C=O) groups is 2. The Kier molecular flexibility index (Phi) is 5.71. The van der Waals surface area contributed by atoms with Gasteiger partial charge in [0.2, 0.25) is 5.91 Å². The number of nitrogens with one attached hydrogen (secondary N) is 1. The highest BCUT2D eigenvalue weighted by atomic mass is 32.1. The van der Waals surface area contributed by atoms with Crippen molar-refractivity contribution in [3.05, 3.63) is 46.5 Å². The summed E-state index contributed by atoms with van der Waals surface area (Å²) < 4.78 is 0. The molecule has 33 heavy (non-hydrogen) atoms. The zero-order valence-corrected chi connectivity index (χ0v) is 20.8. The molecule has 6 nitrogen and oxygen atoms in total. The maximum atomic E-state index is 14.1. The summed E-state index contributed by atoms with van der Waals surface area (Å²) in [7, 11) is 0. The van der Waals surface area contributed by atoms with E-state index in [0.717, 1.165) is 54.4 Å². The lowest BCUT2D eigenvalue weighted by Crippen LogP contribution is -2.62. The van der Waals surface area contributed by atoms with Crippen LogP contribution < -0.4 is 5.32 Å². The topological polar surface area (TPSA) is 65.5 Å². The largest absolute Gasteiger partial charge is 0.362 e. The van der Waals surface area contributed by atoms with Crippen molar-refractivity contribution in [2.24, 2.45) is 5.41 Å². The lowest BCUT2D eigenvalue weighted by molar-refractivity contribution is -0.142. The molecule has 2 saturated heterocycles. The smallest absolute Gasteiger partial charge is 0.266 e. The second kappa shape index (κ2) is 8.42. The number of hydrogen-bond donors (Lipinski definition) is 1. The van der Waals surface area contributed by atoms with Gasteiger partial charge in [0, 0.05) is 31.0 Å². The third-order valence-electron chi connectivity index (χ3n) is 8.16. The quantitative estimate of drug-likeness (QED) is 0.705. The van der Waals surface area contributed by atoms with E-state index in [4.69, 9.17) is 0 Å². The van der Waals surface area contributed by atoms with Crippen molar-refractivity contribution in [2.75, 3.05) is 11.9 Å². The van der Waals surface area contributed by atoms with E-state index in [1.165, 1.54) is 16.9 Å². The molecule has 0 unspecified atom stereocenters. The van der Waals surface area contributed by atoms with E-state index in [1.807, 2.05) is 19.9 Å². The van der Waals surface area contributed by atoms with Crippen molar-refractivity contribution >= 4 is 28.3 Å². The molecular weight excluding hydrogens is 432 g/mol. The number of fused-ring (bicyclic) bond motifs is 1. The van der Waals surface area contributed by atoms with Gasteiger partial charge in [-0.3, -0.25) is 9.59 Å². The Morgan fingerprint density at radius 2 is 1.88 bits per heavy atom. The molecule has 1 N–H and O–H groups in total. The average molecular weight is 467 g/mol. The summed E-state index contributed by atoms with van der Waals surface area (Å²) in [5.74, 6) is 0.229. The number of benzene rings is 1. The van der Waals surface area contributed by atoms with Gasteiger partial charge in [-0.2, -0.15) is 0 Å². The molecule has 5 rings (SSSR count). The molecule has 1 aliphatic carbocycles. The lowest BCUT2D eigenvalue weighted by atomic mass is 9.64. The lowest BCUT2D eigenvalue weighted by Gasteiger charge is -2.52. The van der Waals surface area contributed by atoms with Gasteiger partial charge >= 0.3 is 0 Å². The molecule has 3 aliphatic rings. The molecule has 1 aromatic heterocycles. The van der Waals surface area contributed by atoms with Crippen LogP contribution in [0.1, 0.15) is 67.4 Å². The third kappa shape index (κ3) is 3.56. The minimum atomic E-state index is -0.0550. The zero-order valence-electron chi connectivity index (χ0n) is 20.0. The summed E-state index contributed by atoms with van der Waals surface area (Å²) in [6.07, 6.45) is 4.83. The van der Waals surface area contributed by atoms with E-state index in [1.54, 1.807) is 6.92 Å². The van der Waals surface area contributed by atoms with Gasteiger partial charge < -0.3 is 15.1 Å². The fourth-order valence-electron chi connectivity index (χ4n) is 6.86. The summed E-state index contributed by atoms with van der Waals surface area (Å²) in [5, 5.41) is 4.06. The Labute approximate surface area is 200 Å². The highest BCUT2D eigenvalue weighted by Crippen LogP contribution is 2.57. The predicted octanol–water partition coefficient (Wildman–Crippen LogP) is 4.50. The molecule has 3 fully saturated rings. The highest BCUT2D eigenvalue weighted by molar-refractivity contribution is 7.17. The van der Waals surface area contributed by atoms with E-state index < -0.39 is 0 Å². The summed E-state index contributed by atoms with van der Waals surface area (Å²) in [6.45, 7) is 8.77. The van der Waals surface area contributed by atoms with Gasteiger partial charge in [-0.05, 0) is 51.5 Å². The number of piperidine rings is 1. The van der Waals surface area contributed by atoms with Gasteiger partial charge in [-0.1, -0.05) is 48.6 Å². The van der Waals surface area contributed by atoms with Gasteiger partial charge in [-0.25, -0.2) is 4.98 Å². The van der Waals surface area contributed by atoms with E-state index in [9.17, 15) is 9.59 Å². The minimum absolute atomic E-state index is 0.00325. The molecule has 2 aromatic rings. The Morgan fingerprint density at radius 1 is 1.18 bits per heavy atom. The van der Waals surface area contributed by atoms with Crippen LogP contribution in [0.15, 0.2) is 30.3 Å². The first kappa shape index (κ1) is 22.4. The molecule has 1 saturated carbocycles. The molecule has 5 atom stereocenters. The second-order valence-corrected chi connectivity index (χ2v) is 11.1. The minimum Gasteiger partial charge on any atom is -0.362 e. The second-order valence-electron chi connectivity index (χ2n) is 10.1. The standard InChI is InChI=1S/C26H34N4O2S/c1-5-27-25-28-16(2)23(33-25)24(32)30-20-15-26(4)21(12-9-13-22(26)30)29(17(3)31)19(20)14-18-10-7-6-8-11-18/h6-8,10-11,19-22H,5,9,12-15H2,1-4H3,(H,27,28)/t19-,20+,21-,22+,26-/m1/s1. The van der Waals surface area contributed by atoms with Crippen LogP contribution in [0.3, 0.4) is 0 Å². The number of aryl methyl sites for hydroxylation is 1. The number of nitrogens with zero attached hydrogens (tertiary/aromatic N) is 3. The number of aromatic nitrogens is 1. The van der Waals surface area contributed by atoms with Crippen LogP contribution in [0.5, 0.6) is 0 Å². The molecule has 7 heteroatoms. The van der Waals surface area contributed by atoms with Crippen LogP contribution in [-0.4, -0.2) is 57.3 Å². The molecule has 3 heterocycles. The van der Waals surface area contributed by atoms with Crippen molar-refractivity contribution < 1.29 is 9.59 Å². The van der Waals surface area contributed by atoms with Gasteiger partial charge in [-0.15, -0.1) is 0 Å². The SMILES string of the molecule is CCNc1nc(C)c(C(=O)N2[C@H]3CCC[C@H]4N(C(C)=O)[C@H](Cc5ccccc5)[C@@H]2C[C@@]34C)s1. The zero-order chi connectivity index (χ0) is 23.3. The Hall–Kier alpha value is -2.41. The third-order valence-corrected chi connectivity index (χ3v) is 9.26. The number of rotatable bonds is 5. The van der Waals surface area contributed by atoms with Crippen molar-refractivity contribution in [1.29, 1.82) is 0 Å². The summed E-state index contributed by atoms with van der Waals surface area (Å²) in [5.41, 5.74) is 1.96. The summed E-state index contributed by atoms with van der Waals surface area (Å²) >= 11 is 1.46. The van der Waals surface area contributed by atoms with E-state index in [-0.39, 0.29) is 41.4 Å². The summed E-state index contributed by atoms with van der Waals surface area (Å²) in [4.78, 5) is 36.8. The molecule has 2 bridgehead atoms. The number of anilines is 1. The maximum Gasteiger partial charge on any atom is 0.266 e. The molecule has 0 radical (unpaired) electrons. The predicted molar refractivity (Wildman–Crippen MR) is 132 cm³/mol. The molecular formula is C26H34N4O2S. The Balaban J connectivity index is 1.57. The van der Waals surface area contributed by atoms with Crippen LogP contribution in [0.25, 0.3) is 0 Å². The fourth-order valence-corrected chi connectivity index (χ4v) is 7.84. The first-order valence-corrected chi connectivity index (χ1v) is 13.0. The van der Waals surface area contributed by atoms with Crippen LogP contribution in [0, 0.1) is 12.3 Å². The number of hydrogen-bond acceptors (Lipinski definition) is 5. The fraction of sp³-hybridized carbons (Fsp3) is 0.577. The molecule has 0 spiro atoms. The van der Waals surface area contributed by atoms with Crippen molar-refractivity contribution in [3.63, 3.8) is 0 Å². The van der Waals surface area contributed by atoms with E-state index >= 15 is 0 Å². The average Bonchev–Trinajstić information content (AvgIpc) is 3.30. The Morgan fingerprint density at radius 3 is 2.55 bits per heavy atom. The van der Waals surface area contributed by atoms with Gasteiger partial charge in [0.15, 0.2) is 5.13 Å². The molecule has 1 aromatic carbocycles. The van der Waals surface area contributed by atoms with E-state index in [2.05, 4.69) is 51.3 Å². The van der Waals surface area contributed by atoms with Crippen LogP contribution >= 0.6 is 11.3 Å². The number of likely N-dealkylation sites (tertiary alicyclic amines) is 2. The summed E-state index contributed by atoms with van der Waals surface area (Å²) in [6, 6.07) is 10.8. The van der Waals surface area contributed by atoms with Crippen LogP contribution in [0.4, 0.5) is 5.13 Å². The van der Waals surface area contributed by atoms with Crippen LogP contribution in [-0.2, 0) is 11.2 Å². The van der Waals surface area contributed by atoms with Crippen molar-refractivity contribution in [2.45, 2.75) is 84.0 Å². The molecule has 176 valence electrons. The number of thiazole rings is 1. The number of amides is 2. The van der Waals surface area contributed by atoms with Crippen molar-refractivity contribution in [3.8, 4) is 0 Å². The van der Waals surface area contributed by atoms with Gasteiger partial charge in [0.25, 0.3) is 5.91 Å². The maximum absolute atomic E-state index is 14.1. The first-order valence-electron chi connectivity index (χ1n) is 12.2. The molecule has 2 aliphatic heterocycles. The van der Waals surface area contributed by atoms with Crippen LogP contribution in [0.2, 0.25) is 0 Å². The highest BCUT2D eigenvalue weighted by Gasteiger charge is 2.64. The Bertz CT molecular complexity index is 1050. The van der Waals surface area contributed by atoms with Crippen molar-refractivity contribution in [1.82, 2.24) is 14.8 Å². The molecule has 2 amide bonds. The normalized spacial score (nSPS) is 30.4. The first-order chi connectivity index (χ1) is 15.8. The monoisotopic (exact) mass is 466 g/mol. The van der Waals surface area contributed by atoms with Gasteiger partial charge in [0.1, 0.15) is 4.88 Å². The number of carbonyl (C=O) groups excluding carboxylic acids is 2. The van der Waals surface area contributed by atoms with Gasteiger partial charge in [0.05, 0.1) is 17.8 Å².